The Hall–Kier alpha value is 0.533. The number of benzene rings is 1. The molecule has 1 radical (unpaired) electrons. The minimum atomic E-state index is 0. The van der Waals surface area contributed by atoms with Gasteiger partial charge in [-0.15, -0.1) is 0 Å². The maximum atomic E-state index is 3.11. The molecule has 0 amide bonds. The molecule has 1 aliphatic heterocycles. The van der Waals surface area contributed by atoms with Crippen molar-refractivity contribution in [2.75, 3.05) is 13.1 Å². The number of hydrogen-bond donors (Lipinski definition) is 0. The molecule has 0 unspecified atom stereocenters. The van der Waals surface area contributed by atoms with E-state index in [9.17, 15) is 0 Å². The predicted octanol–water partition coefficient (Wildman–Crippen LogP) is -0.916. The molecule has 0 bridgehead atoms. The van der Waals surface area contributed by atoms with Gasteiger partial charge >= 0.3 is 0 Å². The fraction of sp³-hybridized carbons (Fsp3) is 0.455. The summed E-state index contributed by atoms with van der Waals surface area (Å²) >= 11 is 0. The van der Waals surface area contributed by atoms with Gasteiger partial charge in [-0.05, 0) is 43.6 Å². The second-order valence-corrected chi connectivity index (χ2v) is 3.39. The molecule has 1 fully saturated rings. The minimum Gasteiger partial charge on any atom is -1.00 e. The molecule has 2 rings (SSSR count). The summed E-state index contributed by atoms with van der Waals surface area (Å²) in [6.45, 7) is 3.65. The van der Waals surface area contributed by atoms with E-state index in [2.05, 4.69) is 29.2 Å². The van der Waals surface area contributed by atoms with Crippen molar-refractivity contribution in [1.82, 2.24) is 4.90 Å². The van der Waals surface area contributed by atoms with E-state index in [-0.39, 0.29) is 43.5 Å². The molecular weight excluding hydrogens is 338 g/mol. The van der Waals surface area contributed by atoms with Crippen LogP contribution in [0.2, 0.25) is 0 Å². The van der Waals surface area contributed by atoms with Crippen LogP contribution in [0.4, 0.5) is 0 Å². The van der Waals surface area contributed by atoms with Gasteiger partial charge in [0.1, 0.15) is 0 Å². The number of rotatable bonds is 2. The van der Waals surface area contributed by atoms with Crippen molar-refractivity contribution in [3.8, 4) is 0 Å². The van der Waals surface area contributed by atoms with Crippen molar-refractivity contribution < 1.29 is 43.5 Å². The third-order valence-corrected chi connectivity index (χ3v) is 2.38. The molecular formula is C11H14INZn-. The van der Waals surface area contributed by atoms with E-state index < -0.39 is 0 Å². The zero-order chi connectivity index (χ0) is 8.23. The number of halogens is 1. The van der Waals surface area contributed by atoms with Crippen LogP contribution in [0.3, 0.4) is 0 Å². The molecule has 1 aromatic rings. The van der Waals surface area contributed by atoms with Gasteiger partial charge < -0.3 is 24.0 Å². The largest absolute Gasteiger partial charge is 1.00 e. The smallest absolute Gasteiger partial charge is 0.0233 e. The fourth-order valence-electron chi connectivity index (χ4n) is 1.73. The zero-order valence-corrected chi connectivity index (χ0v) is 13.5. The molecule has 1 aliphatic rings. The normalized spacial score (nSPS) is 15.7. The van der Waals surface area contributed by atoms with Crippen molar-refractivity contribution >= 4 is 0 Å². The summed E-state index contributed by atoms with van der Waals surface area (Å²) < 4.78 is 0. The molecule has 1 aromatic carbocycles. The molecule has 3 heteroatoms. The summed E-state index contributed by atoms with van der Waals surface area (Å²) in [5.74, 6) is 0. The molecule has 1 saturated heterocycles. The van der Waals surface area contributed by atoms with Crippen LogP contribution in [0.5, 0.6) is 0 Å². The van der Waals surface area contributed by atoms with E-state index in [1.807, 2.05) is 6.07 Å². The Morgan fingerprint density at radius 2 is 2.00 bits per heavy atom. The van der Waals surface area contributed by atoms with Crippen LogP contribution in [0.1, 0.15) is 18.4 Å². The SMILES string of the molecule is [I-].[Zn].[c]1cccc(CN2CCCC2)c1. The number of nitrogens with zero attached hydrogens (tertiary/aromatic N) is 1. The van der Waals surface area contributed by atoms with Gasteiger partial charge in [0.05, 0.1) is 0 Å². The molecule has 0 saturated carbocycles. The maximum absolute atomic E-state index is 3.11. The van der Waals surface area contributed by atoms with Crippen LogP contribution in [-0.2, 0) is 26.0 Å². The first-order chi connectivity index (χ1) is 5.95. The molecule has 1 heterocycles. The summed E-state index contributed by atoms with van der Waals surface area (Å²) in [5, 5.41) is 0. The Balaban J connectivity index is 0.000000845. The van der Waals surface area contributed by atoms with E-state index in [4.69, 9.17) is 0 Å². The van der Waals surface area contributed by atoms with Crippen molar-refractivity contribution in [3.63, 3.8) is 0 Å². The Morgan fingerprint density at radius 1 is 1.29 bits per heavy atom. The molecule has 0 atom stereocenters. The van der Waals surface area contributed by atoms with Crippen LogP contribution in [0.25, 0.3) is 0 Å². The average Bonchev–Trinajstić information content (AvgIpc) is 2.59. The summed E-state index contributed by atoms with van der Waals surface area (Å²) in [7, 11) is 0. The van der Waals surface area contributed by atoms with Gasteiger partial charge in [0.2, 0.25) is 0 Å². The van der Waals surface area contributed by atoms with Gasteiger partial charge in [0.25, 0.3) is 0 Å². The monoisotopic (exact) mass is 351 g/mol. The maximum Gasteiger partial charge on any atom is 0.0233 e. The molecule has 0 aliphatic carbocycles. The van der Waals surface area contributed by atoms with Crippen LogP contribution in [0.15, 0.2) is 24.3 Å². The number of likely N-dealkylation sites (tertiary alicyclic amines) is 1. The Morgan fingerprint density at radius 3 is 2.57 bits per heavy atom. The summed E-state index contributed by atoms with van der Waals surface area (Å²) in [5.41, 5.74) is 1.39. The van der Waals surface area contributed by atoms with Crippen LogP contribution in [0, 0.1) is 6.07 Å². The summed E-state index contributed by atoms with van der Waals surface area (Å²) in [6, 6.07) is 11.4. The van der Waals surface area contributed by atoms with Gasteiger partial charge in [0.15, 0.2) is 0 Å². The standard InChI is InChI=1S/C11H14N.HI.Zn/c1-2-6-11(7-3-1)10-12-8-4-5-9-12;;/h1-2,6-7H,4-5,8-10H2;1H;/p-1. The quantitative estimate of drug-likeness (QED) is 0.492. The Labute approximate surface area is 116 Å². The second-order valence-electron chi connectivity index (χ2n) is 3.39. The summed E-state index contributed by atoms with van der Waals surface area (Å²) in [6.07, 6.45) is 2.74. The van der Waals surface area contributed by atoms with Crippen molar-refractivity contribution in [2.45, 2.75) is 19.4 Å². The topological polar surface area (TPSA) is 3.24 Å². The van der Waals surface area contributed by atoms with Crippen LogP contribution < -0.4 is 24.0 Å². The van der Waals surface area contributed by atoms with Crippen molar-refractivity contribution in [3.05, 3.63) is 35.9 Å². The predicted molar refractivity (Wildman–Crippen MR) is 49.8 cm³/mol. The third kappa shape index (κ3) is 4.37. The number of hydrogen-bond acceptors (Lipinski definition) is 1. The molecule has 0 N–H and O–H groups in total. The van der Waals surface area contributed by atoms with E-state index in [1.165, 1.54) is 31.5 Å². The van der Waals surface area contributed by atoms with E-state index in [0.717, 1.165) is 6.54 Å². The van der Waals surface area contributed by atoms with Gasteiger partial charge in [-0.1, -0.05) is 18.2 Å². The average molecular weight is 353 g/mol. The van der Waals surface area contributed by atoms with Gasteiger partial charge in [-0.2, -0.15) is 0 Å². The molecule has 0 spiro atoms. The zero-order valence-electron chi connectivity index (χ0n) is 8.38. The van der Waals surface area contributed by atoms with Crippen LogP contribution >= 0.6 is 0 Å². The van der Waals surface area contributed by atoms with Gasteiger partial charge in [-0.25, -0.2) is 0 Å². The summed E-state index contributed by atoms with van der Waals surface area (Å²) in [4.78, 5) is 2.50. The van der Waals surface area contributed by atoms with Crippen molar-refractivity contribution in [2.24, 2.45) is 0 Å². The Bertz CT molecular complexity index is 234. The first-order valence-electron chi connectivity index (χ1n) is 4.62. The fourth-order valence-corrected chi connectivity index (χ4v) is 1.73. The first-order valence-corrected chi connectivity index (χ1v) is 4.62. The van der Waals surface area contributed by atoms with E-state index >= 15 is 0 Å². The molecule has 14 heavy (non-hydrogen) atoms. The third-order valence-electron chi connectivity index (χ3n) is 2.38. The molecule has 73 valence electrons. The second kappa shape index (κ2) is 7.78. The first kappa shape index (κ1) is 14.5. The Kier molecular flexibility index (Phi) is 8.07. The molecule has 0 aromatic heterocycles. The van der Waals surface area contributed by atoms with Gasteiger partial charge in [0, 0.05) is 26.0 Å². The van der Waals surface area contributed by atoms with Gasteiger partial charge in [-0.3, -0.25) is 4.90 Å². The van der Waals surface area contributed by atoms with Crippen molar-refractivity contribution in [1.29, 1.82) is 0 Å². The minimum absolute atomic E-state index is 0. The van der Waals surface area contributed by atoms with E-state index in [0.29, 0.717) is 0 Å². The van der Waals surface area contributed by atoms with E-state index in [1.54, 1.807) is 0 Å². The van der Waals surface area contributed by atoms with Crippen LogP contribution in [-0.4, -0.2) is 18.0 Å². The molecule has 1 nitrogen and oxygen atoms in total.